The van der Waals surface area contributed by atoms with E-state index in [1.807, 2.05) is 17.0 Å². The van der Waals surface area contributed by atoms with Crippen LogP contribution in [0.25, 0.3) is 0 Å². The summed E-state index contributed by atoms with van der Waals surface area (Å²) in [5.41, 5.74) is 1.18. The molecule has 1 amide bonds. The van der Waals surface area contributed by atoms with Crippen LogP contribution in [0.3, 0.4) is 0 Å². The minimum atomic E-state index is -0.215. The molecule has 0 radical (unpaired) electrons. The van der Waals surface area contributed by atoms with E-state index in [1.54, 1.807) is 6.07 Å². The van der Waals surface area contributed by atoms with Gasteiger partial charge in [-0.05, 0) is 49.2 Å². The fraction of sp³-hybridized carbons (Fsp3) is 0.429. The molecule has 1 N–H and O–H groups in total. The Labute approximate surface area is 164 Å². The summed E-state index contributed by atoms with van der Waals surface area (Å²) < 4.78 is 13.1. The molecule has 1 atom stereocenters. The summed E-state index contributed by atoms with van der Waals surface area (Å²) in [6.45, 7) is 4.96. The van der Waals surface area contributed by atoms with E-state index in [-0.39, 0.29) is 23.2 Å². The molecule has 2 saturated heterocycles. The largest absolute Gasteiger partial charge is 0.505 e. The number of hydrogen-bond acceptors (Lipinski definition) is 5. The zero-order valence-corrected chi connectivity index (χ0v) is 15.8. The van der Waals surface area contributed by atoms with Crippen molar-refractivity contribution in [2.45, 2.75) is 18.9 Å². The Hall–Kier alpha value is -2.67. The van der Waals surface area contributed by atoms with Crippen LogP contribution in [0, 0.1) is 5.82 Å². The van der Waals surface area contributed by atoms with Gasteiger partial charge >= 0.3 is 0 Å². The number of pyridine rings is 1. The molecule has 4 rings (SSSR count). The normalized spacial score (nSPS) is 21.0. The lowest BCUT2D eigenvalue weighted by Crippen LogP contribution is -2.56. The molecule has 28 heavy (non-hydrogen) atoms. The molecule has 0 unspecified atom stereocenters. The van der Waals surface area contributed by atoms with Crippen molar-refractivity contribution in [3.8, 4) is 5.75 Å². The number of nitrogens with zero attached hydrogens (tertiary/aromatic N) is 4. The predicted molar refractivity (Wildman–Crippen MR) is 105 cm³/mol. The number of aromatic nitrogens is 1. The Morgan fingerprint density at radius 3 is 2.54 bits per heavy atom. The van der Waals surface area contributed by atoms with Gasteiger partial charge in [0.1, 0.15) is 11.6 Å². The summed E-state index contributed by atoms with van der Waals surface area (Å²) in [5, 5.41) is 9.93. The number of piperidine rings is 1. The van der Waals surface area contributed by atoms with E-state index in [9.17, 15) is 14.3 Å². The van der Waals surface area contributed by atoms with Gasteiger partial charge in [0.25, 0.3) is 5.91 Å². The second-order valence-electron chi connectivity index (χ2n) is 7.42. The van der Waals surface area contributed by atoms with Crippen LogP contribution in [0.1, 0.15) is 23.3 Å². The van der Waals surface area contributed by atoms with Crippen molar-refractivity contribution in [2.75, 3.05) is 44.2 Å². The molecule has 2 aromatic rings. The van der Waals surface area contributed by atoms with Crippen LogP contribution in [0.4, 0.5) is 10.1 Å². The molecule has 2 aliphatic heterocycles. The van der Waals surface area contributed by atoms with Gasteiger partial charge in [-0.2, -0.15) is 0 Å². The van der Waals surface area contributed by atoms with Gasteiger partial charge in [-0.25, -0.2) is 9.37 Å². The molecule has 0 spiro atoms. The van der Waals surface area contributed by atoms with Gasteiger partial charge < -0.3 is 14.9 Å². The van der Waals surface area contributed by atoms with E-state index in [1.165, 1.54) is 24.4 Å². The third-order valence-corrected chi connectivity index (χ3v) is 5.70. The summed E-state index contributed by atoms with van der Waals surface area (Å²) in [6, 6.07) is 10.1. The molecule has 0 aliphatic carbocycles. The second-order valence-corrected chi connectivity index (χ2v) is 7.42. The summed E-state index contributed by atoms with van der Waals surface area (Å²) in [5.74, 6) is -0.483. The van der Waals surface area contributed by atoms with Gasteiger partial charge in [0.15, 0.2) is 5.69 Å². The van der Waals surface area contributed by atoms with Crippen molar-refractivity contribution in [2.24, 2.45) is 0 Å². The molecule has 0 saturated carbocycles. The van der Waals surface area contributed by atoms with Crippen LogP contribution in [0.15, 0.2) is 42.6 Å². The van der Waals surface area contributed by atoms with Crippen LogP contribution in [0.2, 0.25) is 0 Å². The van der Waals surface area contributed by atoms with Crippen LogP contribution >= 0.6 is 0 Å². The maximum atomic E-state index is 13.1. The number of benzene rings is 1. The van der Waals surface area contributed by atoms with Crippen LogP contribution in [-0.4, -0.2) is 71.1 Å². The van der Waals surface area contributed by atoms with E-state index < -0.39 is 0 Å². The Balaban J connectivity index is 1.36. The summed E-state index contributed by atoms with van der Waals surface area (Å²) in [6.07, 6.45) is 3.54. The minimum absolute atomic E-state index is 0.0671. The molecule has 2 aliphatic rings. The Morgan fingerprint density at radius 1 is 1.07 bits per heavy atom. The Morgan fingerprint density at radius 2 is 1.82 bits per heavy atom. The van der Waals surface area contributed by atoms with Crippen molar-refractivity contribution in [3.63, 3.8) is 0 Å². The Kier molecular flexibility index (Phi) is 5.43. The molecule has 3 heterocycles. The first-order chi connectivity index (χ1) is 13.6. The quantitative estimate of drug-likeness (QED) is 0.880. The lowest BCUT2D eigenvalue weighted by atomic mass is 10.0. The van der Waals surface area contributed by atoms with Gasteiger partial charge in [-0.1, -0.05) is 0 Å². The average molecular weight is 384 g/mol. The zero-order chi connectivity index (χ0) is 19.5. The van der Waals surface area contributed by atoms with Gasteiger partial charge in [-0.15, -0.1) is 0 Å². The van der Waals surface area contributed by atoms with Gasteiger partial charge in [0.05, 0.1) is 0 Å². The highest BCUT2D eigenvalue weighted by Gasteiger charge is 2.31. The number of piperazine rings is 1. The van der Waals surface area contributed by atoms with Crippen LogP contribution < -0.4 is 4.90 Å². The minimum Gasteiger partial charge on any atom is -0.505 e. The number of carbonyl (C=O) groups excluding carboxylic acids is 1. The van der Waals surface area contributed by atoms with Crippen molar-refractivity contribution in [1.82, 2.24) is 14.8 Å². The van der Waals surface area contributed by atoms with Crippen molar-refractivity contribution >= 4 is 11.6 Å². The number of halogens is 1. The second kappa shape index (κ2) is 8.14. The SMILES string of the molecule is O=C(c1ncccc1O)N1CCC[C@@H](N2CCN(c3ccc(F)cc3)CC2)C1. The molecule has 1 aromatic heterocycles. The highest BCUT2D eigenvalue weighted by atomic mass is 19.1. The molecule has 0 bridgehead atoms. The fourth-order valence-electron chi connectivity index (χ4n) is 4.15. The number of hydrogen-bond donors (Lipinski definition) is 1. The molecule has 148 valence electrons. The molecule has 7 heteroatoms. The summed E-state index contributed by atoms with van der Waals surface area (Å²) >= 11 is 0. The lowest BCUT2D eigenvalue weighted by Gasteiger charge is -2.43. The molecule has 2 fully saturated rings. The number of aromatic hydroxyl groups is 1. The predicted octanol–water partition coefficient (Wildman–Crippen LogP) is 2.35. The molecular weight excluding hydrogens is 359 g/mol. The summed E-state index contributed by atoms with van der Waals surface area (Å²) in [7, 11) is 0. The molecular formula is C21H25FN4O2. The van der Waals surface area contributed by atoms with Crippen LogP contribution in [-0.2, 0) is 0 Å². The number of amides is 1. The third kappa shape index (κ3) is 3.94. The number of rotatable bonds is 3. The smallest absolute Gasteiger partial charge is 0.276 e. The first-order valence-electron chi connectivity index (χ1n) is 9.79. The highest BCUT2D eigenvalue weighted by molar-refractivity contribution is 5.94. The monoisotopic (exact) mass is 384 g/mol. The maximum Gasteiger partial charge on any atom is 0.276 e. The first-order valence-corrected chi connectivity index (χ1v) is 9.79. The maximum absolute atomic E-state index is 13.1. The zero-order valence-electron chi connectivity index (χ0n) is 15.8. The highest BCUT2D eigenvalue weighted by Crippen LogP contribution is 2.23. The van der Waals surface area contributed by atoms with E-state index >= 15 is 0 Å². The molecule has 1 aromatic carbocycles. The van der Waals surface area contributed by atoms with Crippen molar-refractivity contribution < 1.29 is 14.3 Å². The van der Waals surface area contributed by atoms with E-state index in [4.69, 9.17) is 0 Å². The fourth-order valence-corrected chi connectivity index (χ4v) is 4.15. The first kappa shape index (κ1) is 18.7. The average Bonchev–Trinajstić information content (AvgIpc) is 2.74. The number of carbonyl (C=O) groups is 1. The van der Waals surface area contributed by atoms with Gasteiger partial charge in [-0.3, -0.25) is 9.69 Å². The van der Waals surface area contributed by atoms with E-state index in [2.05, 4.69) is 14.8 Å². The Bertz CT molecular complexity index is 821. The lowest BCUT2D eigenvalue weighted by molar-refractivity contribution is 0.0555. The van der Waals surface area contributed by atoms with Crippen LogP contribution in [0.5, 0.6) is 5.75 Å². The van der Waals surface area contributed by atoms with Crippen molar-refractivity contribution in [1.29, 1.82) is 0 Å². The summed E-state index contributed by atoms with van der Waals surface area (Å²) in [4.78, 5) is 23.3. The third-order valence-electron chi connectivity index (χ3n) is 5.70. The van der Waals surface area contributed by atoms with Gasteiger partial charge in [0.2, 0.25) is 0 Å². The number of likely N-dealkylation sites (tertiary alicyclic amines) is 1. The standard InChI is InChI=1S/C21H25FN4O2/c22-16-5-7-17(8-6-16)24-11-13-25(14-12-24)18-3-2-10-26(15-18)21(28)20-19(27)4-1-9-23-20/h1,4-9,18,27H,2-3,10-15H2/t18-/m1/s1. The van der Waals surface area contributed by atoms with Gasteiger partial charge in [0, 0.05) is 57.2 Å². The van der Waals surface area contributed by atoms with Crippen molar-refractivity contribution in [3.05, 3.63) is 54.1 Å². The topological polar surface area (TPSA) is 59.9 Å². The van der Waals surface area contributed by atoms with E-state index in [0.717, 1.165) is 44.7 Å². The van der Waals surface area contributed by atoms with E-state index in [0.29, 0.717) is 19.1 Å². The molecule has 6 nitrogen and oxygen atoms in total. The number of anilines is 1.